The molecule has 0 aromatic rings. The number of hydrogen-bond donors (Lipinski definition) is 3. The Kier molecular flexibility index (Phi) is 5.31. The highest BCUT2D eigenvalue weighted by Crippen LogP contribution is 2.26. The van der Waals surface area contributed by atoms with Gasteiger partial charge in [-0.25, -0.2) is 0 Å². The van der Waals surface area contributed by atoms with Gasteiger partial charge in [-0.2, -0.15) is 8.42 Å². The van der Waals surface area contributed by atoms with Gasteiger partial charge in [0, 0.05) is 0 Å². The zero-order chi connectivity index (χ0) is 9.00. The van der Waals surface area contributed by atoms with Gasteiger partial charge in [-0.15, -0.1) is 10.3 Å². The molecule has 0 unspecified atom stereocenters. The topological polar surface area (TPSA) is 94.8 Å². The Labute approximate surface area is 62.2 Å². The second-order valence-electron chi connectivity index (χ2n) is 2.22. The molecule has 0 rings (SSSR count). The normalized spacial score (nSPS) is 13.4. The van der Waals surface area contributed by atoms with Gasteiger partial charge < -0.3 is 4.55 Å². The van der Waals surface area contributed by atoms with E-state index in [9.17, 15) is 0 Å². The molecule has 7 heteroatoms. The van der Waals surface area contributed by atoms with Crippen LogP contribution in [0.1, 0.15) is 0 Å². The van der Waals surface area contributed by atoms with Crippen LogP contribution in [0.25, 0.3) is 0 Å². The molecule has 0 atom stereocenters. The maximum atomic E-state index is 8.74. The van der Waals surface area contributed by atoms with Crippen molar-refractivity contribution in [1.82, 2.24) is 0 Å². The van der Waals surface area contributed by atoms with E-state index in [1.54, 1.807) is 0 Å². The highest BCUT2D eigenvalue weighted by Gasteiger charge is 1.88. The number of rotatable bonds is 0. The van der Waals surface area contributed by atoms with Gasteiger partial charge in [0.25, 0.3) is 0 Å². The molecule has 5 nitrogen and oxygen atoms in total. The lowest BCUT2D eigenvalue weighted by atomic mass is 11.9. The summed E-state index contributed by atoms with van der Waals surface area (Å²) in [5.41, 5.74) is 0. The van der Waals surface area contributed by atoms with Crippen molar-refractivity contribution in [2.24, 2.45) is 0 Å². The largest absolute Gasteiger partial charge is 0.394 e. The van der Waals surface area contributed by atoms with E-state index in [1.807, 2.05) is 18.8 Å². The average Bonchev–Trinajstić information content (AvgIpc) is 1.12. The summed E-state index contributed by atoms with van der Waals surface area (Å²) in [6, 6.07) is 0. The molecule has 0 spiro atoms. The highest BCUT2D eigenvalue weighted by atomic mass is 32.3. The molecule has 0 amide bonds. The zero-order valence-electron chi connectivity index (χ0n) is 5.97. The van der Waals surface area contributed by atoms with Gasteiger partial charge >= 0.3 is 10.4 Å². The first-order valence-electron chi connectivity index (χ1n) is 2.11. The van der Waals surface area contributed by atoms with E-state index in [4.69, 9.17) is 22.1 Å². The van der Waals surface area contributed by atoms with E-state index >= 15 is 0 Å². The van der Waals surface area contributed by atoms with Crippen LogP contribution in [0.15, 0.2) is 0 Å². The minimum absolute atomic E-state index is 1.17. The van der Waals surface area contributed by atoms with Crippen LogP contribution < -0.4 is 0 Å². The van der Waals surface area contributed by atoms with Crippen LogP contribution >= 0.6 is 10.3 Å². The first kappa shape index (κ1) is 12.8. The van der Waals surface area contributed by atoms with Crippen molar-refractivity contribution in [3.05, 3.63) is 0 Å². The van der Waals surface area contributed by atoms with E-state index in [2.05, 4.69) is 0 Å². The third kappa shape index (κ3) is 13000. The summed E-state index contributed by atoms with van der Waals surface area (Å²) in [7, 11) is -5.83. The van der Waals surface area contributed by atoms with Crippen molar-refractivity contribution in [1.29, 1.82) is 0 Å². The van der Waals surface area contributed by atoms with Gasteiger partial charge in [0.1, 0.15) is 0 Å². The lowest BCUT2D eigenvalue weighted by molar-refractivity contribution is 0.381. The lowest BCUT2D eigenvalue weighted by Crippen LogP contribution is -1.89. The summed E-state index contributed by atoms with van der Waals surface area (Å²) in [4.78, 5) is 0. The average molecular weight is 192 g/mol. The summed E-state index contributed by atoms with van der Waals surface area (Å²) in [5, 5.41) is 0. The lowest BCUT2D eigenvalue weighted by Gasteiger charge is -2.13. The molecule has 0 aliphatic carbocycles. The summed E-state index contributed by atoms with van der Waals surface area (Å²) >= 11 is 0. The maximum absolute atomic E-state index is 8.74. The fraction of sp³-hybridized carbons (Fsp3) is 1.00. The van der Waals surface area contributed by atoms with Gasteiger partial charge in [0.15, 0.2) is 0 Å². The first-order chi connectivity index (χ1) is 4.00. The third-order valence-corrected chi connectivity index (χ3v) is 0. The zero-order valence-corrected chi connectivity index (χ0v) is 7.61. The summed E-state index contributed by atoms with van der Waals surface area (Å²) in [6.45, 7) is 0. The van der Waals surface area contributed by atoms with Gasteiger partial charge in [-0.3, -0.25) is 9.11 Å². The Bertz CT molecular complexity index is 150. The van der Waals surface area contributed by atoms with Crippen LogP contribution in [0, 0.1) is 0 Å². The van der Waals surface area contributed by atoms with Crippen molar-refractivity contribution < 1.29 is 22.1 Å². The molecule has 0 radical (unpaired) electrons. The van der Waals surface area contributed by atoms with Gasteiger partial charge in [-0.1, -0.05) is 0 Å². The van der Waals surface area contributed by atoms with Gasteiger partial charge in [-0.05, 0) is 18.8 Å². The standard InChI is InChI=1S/C3H10OS.H2O4S/c2*1-5(2,3)4/h4H,1-3H3;(H2,1,2,3,4). The Morgan fingerprint density at radius 3 is 0.900 bits per heavy atom. The maximum Gasteiger partial charge on any atom is 0.394 e. The van der Waals surface area contributed by atoms with Gasteiger partial charge in [0.05, 0.1) is 0 Å². The molecule has 0 saturated carbocycles. The molecule has 0 aliphatic heterocycles. The molecular weight excluding hydrogens is 180 g/mol. The molecule has 0 bridgehead atoms. The molecule has 0 aliphatic rings. The molecular formula is C3H12O5S2. The van der Waals surface area contributed by atoms with E-state index in [0.717, 1.165) is 0 Å². The highest BCUT2D eigenvalue weighted by molar-refractivity contribution is 8.27. The van der Waals surface area contributed by atoms with Gasteiger partial charge in [0.2, 0.25) is 0 Å². The van der Waals surface area contributed by atoms with Crippen molar-refractivity contribution in [2.75, 3.05) is 18.8 Å². The minimum atomic E-state index is -4.67. The predicted molar refractivity (Wildman–Crippen MR) is 42.2 cm³/mol. The van der Waals surface area contributed by atoms with Crippen LogP contribution in [0.4, 0.5) is 0 Å². The molecule has 0 heterocycles. The van der Waals surface area contributed by atoms with Crippen LogP contribution in [0.5, 0.6) is 0 Å². The van der Waals surface area contributed by atoms with Crippen molar-refractivity contribution in [3.63, 3.8) is 0 Å². The third-order valence-electron chi connectivity index (χ3n) is 0. The van der Waals surface area contributed by atoms with E-state index in [0.29, 0.717) is 0 Å². The Morgan fingerprint density at radius 1 is 0.900 bits per heavy atom. The van der Waals surface area contributed by atoms with Crippen molar-refractivity contribution in [2.45, 2.75) is 0 Å². The molecule has 0 saturated heterocycles. The monoisotopic (exact) mass is 192 g/mol. The predicted octanol–water partition coefficient (Wildman–Crippen LogP) is 0.501. The second kappa shape index (κ2) is 4.14. The minimum Gasteiger partial charge on any atom is -0.352 e. The molecule has 0 aromatic heterocycles. The Balaban J connectivity index is 0. The fourth-order valence-electron chi connectivity index (χ4n) is 0. The SMILES string of the molecule is CS(C)(C)O.O=S(=O)(O)O. The molecule has 0 aromatic carbocycles. The quantitative estimate of drug-likeness (QED) is 0.486. The summed E-state index contributed by atoms with van der Waals surface area (Å²) in [6.07, 6.45) is 5.48. The van der Waals surface area contributed by atoms with Crippen LogP contribution in [-0.4, -0.2) is 40.8 Å². The fourth-order valence-corrected chi connectivity index (χ4v) is 0. The Morgan fingerprint density at radius 2 is 0.900 bits per heavy atom. The molecule has 66 valence electrons. The second-order valence-corrected chi connectivity index (χ2v) is 6.66. The summed E-state index contributed by atoms with van der Waals surface area (Å²) in [5.74, 6) is 0. The number of hydrogen-bond acceptors (Lipinski definition) is 3. The molecule has 10 heavy (non-hydrogen) atoms. The van der Waals surface area contributed by atoms with Crippen LogP contribution in [0.3, 0.4) is 0 Å². The van der Waals surface area contributed by atoms with Crippen molar-refractivity contribution >= 4 is 20.7 Å². The van der Waals surface area contributed by atoms with E-state index in [-0.39, 0.29) is 0 Å². The Hall–Kier alpha value is 0.180. The molecule has 0 fully saturated rings. The first-order valence-corrected chi connectivity index (χ1v) is 6.32. The van der Waals surface area contributed by atoms with Crippen molar-refractivity contribution in [3.8, 4) is 0 Å². The van der Waals surface area contributed by atoms with Crippen LogP contribution in [-0.2, 0) is 10.4 Å². The molecule has 3 N–H and O–H groups in total. The van der Waals surface area contributed by atoms with E-state index in [1.165, 1.54) is 0 Å². The summed E-state index contributed by atoms with van der Waals surface area (Å²) < 4.78 is 40.2. The smallest absolute Gasteiger partial charge is 0.352 e. The van der Waals surface area contributed by atoms with E-state index < -0.39 is 20.7 Å². The van der Waals surface area contributed by atoms with Crippen LogP contribution in [0.2, 0.25) is 0 Å².